The fourth-order valence-electron chi connectivity index (χ4n) is 2.82. The van der Waals surface area contributed by atoms with Gasteiger partial charge in [-0.1, -0.05) is 49.1 Å². The van der Waals surface area contributed by atoms with Gasteiger partial charge in [-0.15, -0.1) is 11.5 Å². The van der Waals surface area contributed by atoms with E-state index in [0.717, 1.165) is 18.4 Å². The van der Waals surface area contributed by atoms with E-state index in [4.69, 9.17) is 0 Å². The summed E-state index contributed by atoms with van der Waals surface area (Å²) in [6.07, 6.45) is 21.4. The highest BCUT2D eigenvalue weighted by molar-refractivity contribution is 5.65. The summed E-state index contributed by atoms with van der Waals surface area (Å²) in [4.78, 5) is 0. The van der Waals surface area contributed by atoms with Crippen LogP contribution in [0.2, 0.25) is 0 Å². The predicted octanol–water partition coefficient (Wildman–Crippen LogP) is 5.44. The normalized spacial score (nSPS) is 21.6. The molecule has 0 spiro atoms. The van der Waals surface area contributed by atoms with Crippen molar-refractivity contribution in [1.82, 2.24) is 0 Å². The van der Waals surface area contributed by atoms with Crippen molar-refractivity contribution in [3.05, 3.63) is 106 Å². The highest BCUT2D eigenvalue weighted by Crippen LogP contribution is 2.36. The van der Waals surface area contributed by atoms with Crippen molar-refractivity contribution in [2.75, 3.05) is 0 Å². The maximum absolute atomic E-state index is 3.67. The minimum absolute atomic E-state index is 0.910. The summed E-state index contributed by atoms with van der Waals surface area (Å²) in [5.74, 6) is 0. The molecule has 0 N–H and O–H groups in total. The third-order valence-electron chi connectivity index (χ3n) is 3.87. The first kappa shape index (κ1) is 13.5. The van der Waals surface area contributed by atoms with Crippen LogP contribution in [0.5, 0.6) is 0 Å². The first-order valence-electron chi connectivity index (χ1n) is 7.30. The van der Waals surface area contributed by atoms with E-state index in [1.807, 2.05) is 6.08 Å². The maximum Gasteiger partial charge on any atom is 0.0244 e. The molecule has 0 aromatic rings. The van der Waals surface area contributed by atoms with Gasteiger partial charge in [0.05, 0.1) is 0 Å². The van der Waals surface area contributed by atoms with Gasteiger partial charge in [0, 0.05) is 17.6 Å². The zero-order chi connectivity index (χ0) is 14.7. The molecule has 0 fully saturated rings. The first-order chi connectivity index (χ1) is 10.3. The molecule has 3 rings (SSSR count). The minimum atomic E-state index is 0.910. The van der Waals surface area contributed by atoms with Gasteiger partial charge in [0.2, 0.25) is 0 Å². The second-order valence-electron chi connectivity index (χ2n) is 5.24. The van der Waals surface area contributed by atoms with E-state index in [-0.39, 0.29) is 0 Å². The maximum atomic E-state index is 3.67. The molecule has 0 amide bonds. The Morgan fingerprint density at radius 3 is 2.90 bits per heavy atom. The van der Waals surface area contributed by atoms with Crippen LogP contribution < -0.4 is 0 Å². The lowest BCUT2D eigenvalue weighted by Crippen LogP contribution is -1.93. The molecule has 0 saturated heterocycles. The Morgan fingerprint density at radius 1 is 1.19 bits per heavy atom. The van der Waals surface area contributed by atoms with E-state index in [1.165, 1.54) is 27.9 Å². The number of rotatable bonds is 1. The molecule has 0 bridgehead atoms. The van der Waals surface area contributed by atoms with Crippen molar-refractivity contribution in [2.24, 2.45) is 0 Å². The molecule has 21 heavy (non-hydrogen) atoms. The smallest absolute Gasteiger partial charge is 0.0244 e. The lowest BCUT2D eigenvalue weighted by Gasteiger charge is -2.10. The summed E-state index contributed by atoms with van der Waals surface area (Å²) < 4.78 is 0. The third-order valence-corrected chi connectivity index (χ3v) is 3.87. The van der Waals surface area contributed by atoms with Crippen LogP contribution in [0, 0.1) is 0 Å². The molecule has 0 radical (unpaired) electrons. The van der Waals surface area contributed by atoms with Gasteiger partial charge in [0.15, 0.2) is 0 Å². The van der Waals surface area contributed by atoms with Gasteiger partial charge in [0.25, 0.3) is 0 Å². The summed E-state index contributed by atoms with van der Waals surface area (Å²) in [6, 6.07) is 0. The largest absolute Gasteiger partial charge is 0.127 e. The average Bonchev–Trinajstić information content (AvgIpc) is 2.85. The van der Waals surface area contributed by atoms with Crippen molar-refractivity contribution < 1.29 is 0 Å². The number of hydrogen-bond donors (Lipinski definition) is 0. The fourth-order valence-corrected chi connectivity index (χ4v) is 2.82. The molecule has 0 aliphatic heterocycles. The topological polar surface area (TPSA) is 0 Å². The standard InChI is InChI=1S/C21H18/c1-3-7-17-11-13-19-9-6-5-8-18-12-10-16(4-2)14-20(15-17)21(18)19/h4,6-13H,1,5,14H2,2H3. The van der Waals surface area contributed by atoms with Crippen molar-refractivity contribution in [2.45, 2.75) is 19.8 Å². The van der Waals surface area contributed by atoms with E-state index >= 15 is 0 Å². The zero-order valence-electron chi connectivity index (χ0n) is 12.3. The average molecular weight is 270 g/mol. The number of allylic oxidation sites excluding steroid dienone is 14. The summed E-state index contributed by atoms with van der Waals surface area (Å²) in [5.41, 5.74) is 13.9. The fraction of sp³-hybridized carbons (Fsp3) is 0.143. The summed E-state index contributed by atoms with van der Waals surface area (Å²) >= 11 is 0. The molecular weight excluding hydrogens is 252 g/mol. The molecule has 0 heteroatoms. The molecular formula is C21H18. The van der Waals surface area contributed by atoms with Crippen LogP contribution in [-0.2, 0) is 0 Å². The summed E-state index contributed by atoms with van der Waals surface area (Å²) in [6.45, 7) is 5.76. The van der Waals surface area contributed by atoms with Crippen LogP contribution >= 0.6 is 0 Å². The van der Waals surface area contributed by atoms with E-state index in [1.54, 1.807) is 0 Å². The van der Waals surface area contributed by atoms with Crippen molar-refractivity contribution >= 4 is 0 Å². The molecule has 0 heterocycles. The lowest BCUT2D eigenvalue weighted by molar-refractivity contribution is 1.18. The number of hydrogen-bond acceptors (Lipinski definition) is 0. The van der Waals surface area contributed by atoms with Crippen molar-refractivity contribution in [3.8, 4) is 0 Å². The molecule has 3 aliphatic carbocycles. The van der Waals surface area contributed by atoms with Gasteiger partial charge in [-0.05, 0) is 47.8 Å². The van der Waals surface area contributed by atoms with Crippen molar-refractivity contribution in [3.63, 3.8) is 0 Å². The van der Waals surface area contributed by atoms with Crippen LogP contribution in [0.1, 0.15) is 19.8 Å². The minimum Gasteiger partial charge on any atom is -0.127 e. The van der Waals surface area contributed by atoms with Crippen molar-refractivity contribution in [1.29, 1.82) is 0 Å². The van der Waals surface area contributed by atoms with Crippen LogP contribution in [0.4, 0.5) is 0 Å². The Hall–Kier alpha value is -2.52. The van der Waals surface area contributed by atoms with E-state index in [9.17, 15) is 0 Å². The van der Waals surface area contributed by atoms with Crippen LogP contribution in [0.25, 0.3) is 0 Å². The van der Waals surface area contributed by atoms with E-state index in [0.29, 0.717) is 0 Å². The monoisotopic (exact) mass is 270 g/mol. The van der Waals surface area contributed by atoms with E-state index < -0.39 is 0 Å². The molecule has 0 aromatic carbocycles. The highest BCUT2D eigenvalue weighted by atomic mass is 14.2. The third kappa shape index (κ3) is 2.69. The molecule has 0 nitrogen and oxygen atoms in total. The predicted molar refractivity (Wildman–Crippen MR) is 89.8 cm³/mol. The molecule has 3 aliphatic rings. The van der Waals surface area contributed by atoms with Gasteiger partial charge >= 0.3 is 0 Å². The van der Waals surface area contributed by atoms with Crippen LogP contribution in [-0.4, -0.2) is 0 Å². The van der Waals surface area contributed by atoms with Gasteiger partial charge in [-0.3, -0.25) is 0 Å². The Bertz CT molecular complexity index is 770. The quantitative estimate of drug-likeness (QED) is 0.557. The first-order valence-corrected chi connectivity index (χ1v) is 7.30. The Labute approximate surface area is 126 Å². The summed E-state index contributed by atoms with van der Waals surface area (Å²) in [5, 5.41) is 0. The van der Waals surface area contributed by atoms with E-state index in [2.05, 4.69) is 73.6 Å². The van der Waals surface area contributed by atoms with Gasteiger partial charge in [0.1, 0.15) is 0 Å². The summed E-state index contributed by atoms with van der Waals surface area (Å²) in [7, 11) is 0. The van der Waals surface area contributed by atoms with Gasteiger partial charge < -0.3 is 0 Å². The Balaban J connectivity index is 2.30. The second-order valence-corrected chi connectivity index (χ2v) is 5.24. The SMILES string of the molecule is C=C=CC1=C=C2CC(=CC)C=CC3=CCC=CC(=C23)C=C1. The lowest BCUT2D eigenvalue weighted by atomic mass is 9.92. The van der Waals surface area contributed by atoms with Gasteiger partial charge in [-0.2, -0.15) is 0 Å². The highest BCUT2D eigenvalue weighted by Gasteiger charge is 2.18. The molecule has 102 valence electrons. The second kappa shape index (κ2) is 5.85. The molecule has 0 unspecified atom stereocenters. The molecule has 0 aromatic heterocycles. The van der Waals surface area contributed by atoms with Crippen LogP contribution in [0.3, 0.4) is 0 Å². The van der Waals surface area contributed by atoms with Gasteiger partial charge in [-0.25, -0.2) is 0 Å². The molecule has 0 saturated carbocycles. The molecule has 0 atom stereocenters. The Kier molecular flexibility index (Phi) is 3.75. The van der Waals surface area contributed by atoms with Crippen LogP contribution in [0.15, 0.2) is 106 Å². The zero-order valence-corrected chi connectivity index (χ0v) is 12.3. The Morgan fingerprint density at radius 2 is 2.10 bits per heavy atom.